The van der Waals surface area contributed by atoms with Gasteiger partial charge in [0.05, 0.1) is 12.8 Å². The first-order chi connectivity index (χ1) is 13.6. The highest BCUT2D eigenvalue weighted by molar-refractivity contribution is 6.31. The second-order valence-electron chi connectivity index (χ2n) is 8.33. The molecule has 0 aromatic heterocycles. The van der Waals surface area contributed by atoms with Crippen molar-refractivity contribution in [3.8, 4) is 0 Å². The Morgan fingerprint density at radius 3 is 2.93 bits per heavy atom. The Morgan fingerprint density at radius 1 is 1.21 bits per heavy atom. The molecule has 7 nitrogen and oxygen atoms in total. The standard InChI is InChI=1S/C20H28ClN3O4/c1-10-11-5-7-24(19(11)23-9-22-10)20-16(26)15(25)18(28-20)17-13-3-2-4-14(21)12(13)6-8-27-17/h2-4,10-11,15-20,22-23,25-26H,5-9H2,1H3/t10?,11?,15-,16+,17+,18-,19?,20+/m0/s1. The maximum absolute atomic E-state index is 10.8. The fourth-order valence-corrected chi connectivity index (χ4v) is 5.64. The van der Waals surface area contributed by atoms with Crippen LogP contribution in [0.4, 0.5) is 0 Å². The highest BCUT2D eigenvalue weighted by atomic mass is 35.5. The van der Waals surface area contributed by atoms with Gasteiger partial charge in [-0.15, -0.1) is 0 Å². The molecule has 4 N–H and O–H groups in total. The topological polar surface area (TPSA) is 86.2 Å². The van der Waals surface area contributed by atoms with E-state index in [-0.39, 0.29) is 6.17 Å². The first-order valence-corrected chi connectivity index (χ1v) is 10.6. The molecule has 0 aliphatic carbocycles. The molecular weight excluding hydrogens is 382 g/mol. The van der Waals surface area contributed by atoms with Crippen LogP contribution in [0.25, 0.3) is 0 Å². The molecule has 8 atom stereocenters. The van der Waals surface area contributed by atoms with Gasteiger partial charge < -0.3 is 25.0 Å². The van der Waals surface area contributed by atoms with Crippen LogP contribution in [0.2, 0.25) is 5.02 Å². The summed E-state index contributed by atoms with van der Waals surface area (Å²) in [4.78, 5) is 2.16. The molecule has 0 spiro atoms. The second-order valence-corrected chi connectivity index (χ2v) is 8.74. The zero-order chi connectivity index (χ0) is 19.4. The molecule has 4 aliphatic rings. The minimum atomic E-state index is -1.02. The van der Waals surface area contributed by atoms with E-state index in [0.29, 0.717) is 23.6 Å². The van der Waals surface area contributed by atoms with Crippen molar-refractivity contribution in [2.75, 3.05) is 19.8 Å². The quantitative estimate of drug-likeness (QED) is 0.568. The predicted molar refractivity (Wildman–Crippen MR) is 104 cm³/mol. The molecular formula is C20H28ClN3O4. The van der Waals surface area contributed by atoms with E-state index in [9.17, 15) is 10.2 Å². The Morgan fingerprint density at radius 2 is 2.07 bits per heavy atom. The number of hydrogen-bond acceptors (Lipinski definition) is 7. The fourth-order valence-electron chi connectivity index (χ4n) is 5.36. The molecule has 3 fully saturated rings. The van der Waals surface area contributed by atoms with Crippen molar-refractivity contribution in [3.63, 3.8) is 0 Å². The highest BCUT2D eigenvalue weighted by Gasteiger charge is 2.54. The number of benzene rings is 1. The summed E-state index contributed by atoms with van der Waals surface area (Å²) in [6.07, 6.45) is -1.72. The summed E-state index contributed by atoms with van der Waals surface area (Å²) >= 11 is 6.37. The lowest BCUT2D eigenvalue weighted by Gasteiger charge is -2.40. The predicted octanol–water partition coefficient (Wildman–Crippen LogP) is 0.587. The van der Waals surface area contributed by atoms with Gasteiger partial charge in [-0.05, 0) is 37.0 Å². The molecule has 28 heavy (non-hydrogen) atoms. The van der Waals surface area contributed by atoms with Crippen molar-refractivity contribution < 1.29 is 19.7 Å². The number of aliphatic hydroxyl groups excluding tert-OH is 2. The van der Waals surface area contributed by atoms with Crippen molar-refractivity contribution in [1.29, 1.82) is 0 Å². The summed E-state index contributed by atoms with van der Waals surface area (Å²) in [5.41, 5.74) is 1.99. The Bertz CT molecular complexity index is 737. The van der Waals surface area contributed by atoms with Crippen LogP contribution < -0.4 is 10.6 Å². The molecule has 3 unspecified atom stereocenters. The lowest BCUT2D eigenvalue weighted by Crippen LogP contribution is -2.61. The van der Waals surface area contributed by atoms with Gasteiger partial charge in [-0.1, -0.05) is 23.7 Å². The van der Waals surface area contributed by atoms with Crippen molar-refractivity contribution in [2.24, 2.45) is 5.92 Å². The Kier molecular flexibility index (Phi) is 5.13. The summed E-state index contributed by atoms with van der Waals surface area (Å²) < 4.78 is 12.3. The zero-order valence-corrected chi connectivity index (χ0v) is 16.7. The molecule has 4 heterocycles. The molecule has 3 saturated heterocycles. The van der Waals surface area contributed by atoms with Crippen LogP contribution in [-0.4, -0.2) is 71.7 Å². The van der Waals surface area contributed by atoms with Crippen LogP contribution in [0.15, 0.2) is 18.2 Å². The van der Waals surface area contributed by atoms with Gasteiger partial charge in [0.15, 0.2) is 0 Å². The summed E-state index contributed by atoms with van der Waals surface area (Å²) in [7, 11) is 0. The maximum Gasteiger partial charge on any atom is 0.141 e. The first kappa shape index (κ1) is 19.2. The number of fused-ring (bicyclic) bond motifs is 2. The third kappa shape index (κ3) is 3.00. The third-order valence-corrected chi connectivity index (χ3v) is 7.23. The van der Waals surface area contributed by atoms with Crippen molar-refractivity contribution >= 4 is 11.6 Å². The Labute approximate surface area is 169 Å². The van der Waals surface area contributed by atoms with Crippen molar-refractivity contribution in [1.82, 2.24) is 15.5 Å². The lowest BCUT2D eigenvalue weighted by atomic mass is 9.92. The Balaban J connectivity index is 1.39. The maximum atomic E-state index is 10.8. The molecule has 0 amide bonds. The SMILES string of the molecule is CC1NCNC2C1CCN2[C@@H]1O[C@H]([C@@H]2OCCc3c(Cl)cccc32)[C@@H](O)[C@H]1O. The molecule has 154 valence electrons. The number of ether oxygens (including phenoxy) is 2. The second kappa shape index (κ2) is 7.49. The number of aliphatic hydroxyl groups is 2. The van der Waals surface area contributed by atoms with E-state index in [4.69, 9.17) is 21.1 Å². The van der Waals surface area contributed by atoms with Crippen LogP contribution in [0, 0.1) is 5.92 Å². The van der Waals surface area contributed by atoms with Gasteiger partial charge in [0.1, 0.15) is 30.6 Å². The number of nitrogens with one attached hydrogen (secondary N) is 2. The highest BCUT2D eigenvalue weighted by Crippen LogP contribution is 2.41. The molecule has 1 aromatic rings. The third-order valence-electron chi connectivity index (χ3n) is 6.87. The van der Waals surface area contributed by atoms with E-state index in [0.717, 1.165) is 37.2 Å². The monoisotopic (exact) mass is 409 g/mol. The number of nitrogens with zero attached hydrogens (tertiary/aromatic N) is 1. The molecule has 0 saturated carbocycles. The van der Waals surface area contributed by atoms with Crippen LogP contribution in [-0.2, 0) is 15.9 Å². The average molecular weight is 410 g/mol. The van der Waals surface area contributed by atoms with Crippen LogP contribution in [0.3, 0.4) is 0 Å². The number of rotatable bonds is 2. The lowest BCUT2D eigenvalue weighted by molar-refractivity contribution is -0.141. The van der Waals surface area contributed by atoms with Gasteiger partial charge >= 0.3 is 0 Å². The van der Waals surface area contributed by atoms with Gasteiger partial charge in [-0.25, -0.2) is 0 Å². The number of likely N-dealkylation sites (tertiary alicyclic amines) is 1. The summed E-state index contributed by atoms with van der Waals surface area (Å²) in [6, 6.07) is 6.15. The number of halogens is 1. The smallest absolute Gasteiger partial charge is 0.141 e. The molecule has 0 bridgehead atoms. The van der Waals surface area contributed by atoms with E-state index >= 15 is 0 Å². The van der Waals surface area contributed by atoms with Crippen LogP contribution in [0.5, 0.6) is 0 Å². The summed E-state index contributed by atoms with van der Waals surface area (Å²) in [6.45, 7) is 4.27. The minimum Gasteiger partial charge on any atom is -0.387 e. The summed E-state index contributed by atoms with van der Waals surface area (Å²) in [5, 5.41) is 29.3. The molecule has 8 heteroatoms. The molecule has 0 radical (unpaired) electrons. The molecule has 1 aromatic carbocycles. The van der Waals surface area contributed by atoms with Gasteiger partial charge in [0, 0.05) is 30.2 Å². The van der Waals surface area contributed by atoms with Gasteiger partial charge in [-0.3, -0.25) is 10.2 Å². The molecule has 5 rings (SSSR count). The Hall–Kier alpha value is -0.770. The van der Waals surface area contributed by atoms with E-state index in [1.807, 2.05) is 18.2 Å². The largest absolute Gasteiger partial charge is 0.387 e. The van der Waals surface area contributed by atoms with Crippen LogP contribution >= 0.6 is 11.6 Å². The minimum absolute atomic E-state index is 0.135. The van der Waals surface area contributed by atoms with Crippen molar-refractivity contribution in [2.45, 2.75) is 62.6 Å². The van der Waals surface area contributed by atoms with E-state index in [1.54, 1.807) is 0 Å². The number of hydrogen-bond donors (Lipinski definition) is 4. The van der Waals surface area contributed by atoms with Crippen LogP contribution in [0.1, 0.15) is 30.6 Å². The molecule has 4 aliphatic heterocycles. The van der Waals surface area contributed by atoms with Gasteiger partial charge in [0.25, 0.3) is 0 Å². The zero-order valence-electron chi connectivity index (χ0n) is 15.9. The van der Waals surface area contributed by atoms with E-state index in [1.165, 1.54) is 0 Å². The average Bonchev–Trinajstić information content (AvgIpc) is 3.25. The summed E-state index contributed by atoms with van der Waals surface area (Å²) in [5.74, 6) is 0.450. The van der Waals surface area contributed by atoms with E-state index in [2.05, 4.69) is 22.5 Å². The van der Waals surface area contributed by atoms with E-state index < -0.39 is 30.6 Å². The first-order valence-electron chi connectivity index (χ1n) is 10.2. The normalized spacial score (nSPS) is 43.7. The van der Waals surface area contributed by atoms with Crippen molar-refractivity contribution in [3.05, 3.63) is 34.3 Å². The fraction of sp³-hybridized carbons (Fsp3) is 0.700. The van der Waals surface area contributed by atoms with Gasteiger partial charge in [-0.2, -0.15) is 0 Å². The van der Waals surface area contributed by atoms with Gasteiger partial charge in [0.2, 0.25) is 0 Å².